The van der Waals surface area contributed by atoms with Crippen molar-refractivity contribution in [1.82, 2.24) is 5.32 Å². The predicted molar refractivity (Wildman–Crippen MR) is 67.4 cm³/mol. The van der Waals surface area contributed by atoms with Crippen LogP contribution in [0.25, 0.3) is 0 Å². The van der Waals surface area contributed by atoms with Crippen molar-refractivity contribution in [3.8, 4) is 0 Å². The first-order valence-corrected chi connectivity index (χ1v) is 6.93. The van der Waals surface area contributed by atoms with Crippen LogP contribution in [0.1, 0.15) is 31.2 Å². The molecule has 1 aromatic carbocycles. The van der Waals surface area contributed by atoms with Crippen LogP contribution in [0.4, 0.5) is 13.2 Å². The lowest BCUT2D eigenvalue weighted by molar-refractivity contribution is -0.0328. The molecule has 1 nitrogen and oxygen atoms in total. The molecule has 0 atom stereocenters. The smallest absolute Gasteiger partial charge is 0.310 e. The molecular weight excluding hydrogens is 259 g/mol. The van der Waals surface area contributed by atoms with E-state index in [-0.39, 0.29) is 16.7 Å². The SMILES string of the molecule is FC(F)(F)Sc1ccc(CNC2CCCC2)cc1. The molecule has 0 radical (unpaired) electrons. The maximum Gasteiger partial charge on any atom is 0.446 e. The molecule has 0 amide bonds. The van der Waals surface area contributed by atoms with Crippen molar-refractivity contribution in [2.24, 2.45) is 0 Å². The summed E-state index contributed by atoms with van der Waals surface area (Å²) in [4.78, 5) is 0.243. The third kappa shape index (κ3) is 4.53. The van der Waals surface area contributed by atoms with E-state index in [1.807, 2.05) is 0 Å². The summed E-state index contributed by atoms with van der Waals surface area (Å²) in [6, 6.07) is 7.16. The molecule has 1 fully saturated rings. The van der Waals surface area contributed by atoms with Gasteiger partial charge in [0, 0.05) is 17.5 Å². The summed E-state index contributed by atoms with van der Waals surface area (Å²) < 4.78 is 36.4. The van der Waals surface area contributed by atoms with Crippen LogP contribution in [0.3, 0.4) is 0 Å². The van der Waals surface area contributed by atoms with Crippen LogP contribution < -0.4 is 5.32 Å². The van der Waals surface area contributed by atoms with Gasteiger partial charge in [-0.25, -0.2) is 0 Å². The lowest BCUT2D eigenvalue weighted by atomic mass is 10.2. The number of benzene rings is 1. The van der Waals surface area contributed by atoms with Gasteiger partial charge in [0.1, 0.15) is 0 Å². The first-order valence-electron chi connectivity index (χ1n) is 6.11. The molecule has 5 heteroatoms. The van der Waals surface area contributed by atoms with E-state index in [1.165, 1.54) is 37.8 Å². The molecule has 2 rings (SSSR count). The lowest BCUT2D eigenvalue weighted by Crippen LogP contribution is -2.25. The Morgan fingerprint density at radius 3 is 2.28 bits per heavy atom. The second-order valence-corrected chi connectivity index (χ2v) is 5.69. The molecule has 1 saturated carbocycles. The minimum absolute atomic E-state index is 0.0676. The number of alkyl halides is 3. The number of halogens is 3. The molecule has 1 aliphatic carbocycles. The Bertz CT molecular complexity index is 369. The van der Waals surface area contributed by atoms with Crippen LogP contribution in [0.2, 0.25) is 0 Å². The molecule has 1 N–H and O–H groups in total. The van der Waals surface area contributed by atoms with Crippen LogP contribution >= 0.6 is 11.8 Å². The van der Waals surface area contributed by atoms with Crippen molar-refractivity contribution in [2.45, 2.75) is 48.7 Å². The van der Waals surface area contributed by atoms with Crippen LogP contribution in [0.15, 0.2) is 29.2 Å². The van der Waals surface area contributed by atoms with E-state index in [9.17, 15) is 13.2 Å². The van der Waals surface area contributed by atoms with Crippen LogP contribution in [-0.2, 0) is 6.54 Å². The molecule has 0 heterocycles. The summed E-state index contributed by atoms with van der Waals surface area (Å²) in [7, 11) is 0. The van der Waals surface area contributed by atoms with E-state index in [4.69, 9.17) is 0 Å². The van der Waals surface area contributed by atoms with Crippen molar-refractivity contribution < 1.29 is 13.2 Å². The summed E-state index contributed by atoms with van der Waals surface area (Å²) in [5, 5.41) is 3.44. The Kier molecular flexibility index (Phi) is 4.56. The van der Waals surface area contributed by atoms with Crippen LogP contribution in [0, 0.1) is 0 Å². The molecule has 0 unspecified atom stereocenters. The quantitative estimate of drug-likeness (QED) is 0.821. The van der Waals surface area contributed by atoms with E-state index in [1.54, 1.807) is 12.1 Å². The third-order valence-corrected chi connectivity index (χ3v) is 3.85. The van der Waals surface area contributed by atoms with Gasteiger partial charge >= 0.3 is 5.51 Å². The maximum absolute atomic E-state index is 12.1. The van der Waals surface area contributed by atoms with Crippen molar-refractivity contribution in [3.05, 3.63) is 29.8 Å². The molecule has 1 aliphatic rings. The number of hydrogen-bond donors (Lipinski definition) is 1. The highest BCUT2D eigenvalue weighted by Gasteiger charge is 2.28. The number of thioether (sulfide) groups is 1. The molecule has 1 aromatic rings. The van der Waals surface area contributed by atoms with E-state index >= 15 is 0 Å². The zero-order chi connectivity index (χ0) is 13.0. The number of hydrogen-bond acceptors (Lipinski definition) is 2. The van der Waals surface area contributed by atoms with E-state index in [0.717, 1.165) is 12.1 Å². The molecule has 100 valence electrons. The zero-order valence-electron chi connectivity index (χ0n) is 9.96. The average Bonchev–Trinajstić information content (AvgIpc) is 2.79. The van der Waals surface area contributed by atoms with Gasteiger partial charge in [-0.15, -0.1) is 0 Å². The Hall–Kier alpha value is -0.680. The zero-order valence-corrected chi connectivity index (χ0v) is 10.8. The van der Waals surface area contributed by atoms with Gasteiger partial charge < -0.3 is 5.32 Å². The van der Waals surface area contributed by atoms with E-state index in [0.29, 0.717) is 6.04 Å². The standard InChI is InChI=1S/C13H16F3NS/c14-13(15,16)18-12-7-5-10(6-8-12)9-17-11-3-1-2-4-11/h5-8,11,17H,1-4,9H2. The normalized spacial score (nSPS) is 17.3. The minimum atomic E-state index is -4.20. The summed E-state index contributed by atoms with van der Waals surface area (Å²) in [6.45, 7) is 0.738. The van der Waals surface area contributed by atoms with Crippen molar-refractivity contribution in [1.29, 1.82) is 0 Å². The van der Waals surface area contributed by atoms with Crippen molar-refractivity contribution in [2.75, 3.05) is 0 Å². The summed E-state index contributed by atoms with van der Waals surface area (Å²) in [5.74, 6) is 0. The van der Waals surface area contributed by atoms with Gasteiger partial charge in [-0.3, -0.25) is 0 Å². The molecule has 0 saturated heterocycles. The summed E-state index contributed by atoms with van der Waals surface area (Å²) in [5.41, 5.74) is -3.17. The second kappa shape index (κ2) is 5.97. The van der Waals surface area contributed by atoms with Crippen LogP contribution in [0.5, 0.6) is 0 Å². The first-order chi connectivity index (χ1) is 8.53. The molecule has 18 heavy (non-hydrogen) atoms. The minimum Gasteiger partial charge on any atom is -0.310 e. The number of rotatable bonds is 4. The lowest BCUT2D eigenvalue weighted by Gasteiger charge is -2.12. The fraction of sp³-hybridized carbons (Fsp3) is 0.538. The largest absolute Gasteiger partial charge is 0.446 e. The summed E-state index contributed by atoms with van der Waals surface area (Å²) >= 11 is -0.0676. The first kappa shape index (κ1) is 13.7. The summed E-state index contributed by atoms with van der Waals surface area (Å²) in [6.07, 6.45) is 4.97. The maximum atomic E-state index is 12.1. The average molecular weight is 275 g/mol. The fourth-order valence-electron chi connectivity index (χ4n) is 2.20. The monoisotopic (exact) mass is 275 g/mol. The van der Waals surface area contributed by atoms with Gasteiger partial charge in [-0.2, -0.15) is 13.2 Å². The van der Waals surface area contributed by atoms with Crippen molar-refractivity contribution in [3.63, 3.8) is 0 Å². The van der Waals surface area contributed by atoms with E-state index < -0.39 is 5.51 Å². The molecule has 0 bridgehead atoms. The van der Waals surface area contributed by atoms with Gasteiger partial charge in [0.2, 0.25) is 0 Å². The van der Waals surface area contributed by atoms with Gasteiger partial charge in [-0.05, 0) is 42.3 Å². The Morgan fingerprint density at radius 2 is 1.72 bits per heavy atom. The van der Waals surface area contributed by atoms with Crippen molar-refractivity contribution >= 4 is 11.8 Å². The molecule has 0 spiro atoms. The van der Waals surface area contributed by atoms with Crippen LogP contribution in [-0.4, -0.2) is 11.6 Å². The molecular formula is C13H16F3NS. The highest BCUT2D eigenvalue weighted by atomic mass is 32.2. The van der Waals surface area contributed by atoms with Gasteiger partial charge in [-0.1, -0.05) is 25.0 Å². The van der Waals surface area contributed by atoms with Gasteiger partial charge in [0.05, 0.1) is 0 Å². The topological polar surface area (TPSA) is 12.0 Å². The predicted octanol–water partition coefficient (Wildman–Crippen LogP) is 4.33. The van der Waals surface area contributed by atoms with Gasteiger partial charge in [0.25, 0.3) is 0 Å². The third-order valence-electron chi connectivity index (χ3n) is 3.11. The fourth-order valence-corrected chi connectivity index (χ4v) is 2.74. The second-order valence-electron chi connectivity index (χ2n) is 4.55. The van der Waals surface area contributed by atoms with E-state index in [2.05, 4.69) is 5.32 Å². The number of nitrogens with one attached hydrogen (secondary N) is 1. The highest BCUT2D eigenvalue weighted by Crippen LogP contribution is 2.36. The molecule has 0 aromatic heterocycles. The Labute approximate surface area is 109 Å². The van der Waals surface area contributed by atoms with Gasteiger partial charge in [0.15, 0.2) is 0 Å². The Morgan fingerprint density at radius 1 is 1.11 bits per heavy atom. The molecule has 0 aliphatic heterocycles. The Balaban J connectivity index is 1.83. The highest BCUT2D eigenvalue weighted by molar-refractivity contribution is 8.00.